The van der Waals surface area contributed by atoms with E-state index in [1.165, 1.54) is 16.5 Å². The summed E-state index contributed by atoms with van der Waals surface area (Å²) in [6.45, 7) is 3.94. The molecule has 8 heteroatoms. The van der Waals surface area contributed by atoms with Crippen LogP contribution in [0.5, 0.6) is 0 Å². The molecule has 1 amide bonds. The Hall–Kier alpha value is -2.48. The van der Waals surface area contributed by atoms with Gasteiger partial charge in [0.05, 0.1) is 17.1 Å². The molecule has 1 aliphatic heterocycles. The minimum absolute atomic E-state index is 0.0562. The van der Waals surface area contributed by atoms with Crippen LogP contribution in [0.4, 0.5) is 20.2 Å². The maximum absolute atomic E-state index is 15.3. The summed E-state index contributed by atoms with van der Waals surface area (Å²) in [6.07, 6.45) is 4.39. The molecule has 5 rings (SSSR count). The molecule has 0 saturated heterocycles. The van der Waals surface area contributed by atoms with E-state index < -0.39 is 32.8 Å². The standard InChI is InChI=1S/C25H28F2N2O3S/c1-25(2)12-21(30)29(13-15-3-4-15)24-19(25)11-20(22(26)23(24)27)28-33(31,32)14-16-5-7-17(8-6-16)18-9-10-18/h5-8,11,15,18,28H,3-4,9-10,12-14H2,1-2H3. The normalized spacial score (nSPS) is 20.0. The highest BCUT2D eigenvalue weighted by molar-refractivity contribution is 7.91. The molecule has 2 fully saturated rings. The summed E-state index contributed by atoms with van der Waals surface area (Å²) in [5.41, 5.74) is 0.980. The van der Waals surface area contributed by atoms with E-state index in [-0.39, 0.29) is 23.8 Å². The molecule has 0 bridgehead atoms. The van der Waals surface area contributed by atoms with Crippen LogP contribution in [0.1, 0.15) is 68.6 Å². The fourth-order valence-electron chi connectivity index (χ4n) is 4.64. The lowest BCUT2D eigenvalue weighted by Gasteiger charge is -2.39. The van der Waals surface area contributed by atoms with Gasteiger partial charge < -0.3 is 4.90 Å². The quantitative estimate of drug-likeness (QED) is 0.599. The molecule has 0 radical (unpaired) electrons. The first-order valence-electron chi connectivity index (χ1n) is 11.5. The van der Waals surface area contributed by atoms with E-state index in [9.17, 15) is 13.2 Å². The van der Waals surface area contributed by atoms with Gasteiger partial charge in [-0.1, -0.05) is 38.1 Å². The number of carbonyl (C=O) groups is 1. The summed E-state index contributed by atoms with van der Waals surface area (Å²) in [5.74, 6) is -2.17. The molecule has 2 aliphatic carbocycles. The van der Waals surface area contributed by atoms with Gasteiger partial charge in [0.2, 0.25) is 15.9 Å². The van der Waals surface area contributed by atoms with E-state index in [2.05, 4.69) is 4.72 Å². The molecule has 176 valence electrons. The Morgan fingerprint density at radius 3 is 2.33 bits per heavy atom. The van der Waals surface area contributed by atoms with Crippen molar-refractivity contribution >= 4 is 27.3 Å². The predicted octanol–water partition coefficient (Wildman–Crippen LogP) is 5.21. The van der Waals surface area contributed by atoms with Crippen LogP contribution in [0.25, 0.3) is 0 Å². The molecule has 5 nitrogen and oxygen atoms in total. The molecular weight excluding hydrogens is 446 g/mol. The van der Waals surface area contributed by atoms with Crippen LogP contribution in [-0.4, -0.2) is 20.9 Å². The Morgan fingerprint density at radius 2 is 1.73 bits per heavy atom. The number of nitrogens with one attached hydrogen (secondary N) is 1. The molecule has 2 aromatic carbocycles. The zero-order valence-corrected chi connectivity index (χ0v) is 19.6. The van der Waals surface area contributed by atoms with Gasteiger partial charge in [-0.2, -0.15) is 0 Å². The van der Waals surface area contributed by atoms with Gasteiger partial charge in [-0.3, -0.25) is 9.52 Å². The van der Waals surface area contributed by atoms with Crippen LogP contribution in [0.3, 0.4) is 0 Å². The Labute approximate surface area is 193 Å². The number of carbonyl (C=O) groups excluding carboxylic acids is 1. The zero-order valence-electron chi connectivity index (χ0n) is 18.8. The highest BCUT2D eigenvalue weighted by Gasteiger charge is 2.42. The molecule has 0 spiro atoms. The van der Waals surface area contributed by atoms with Gasteiger partial charge in [0, 0.05) is 18.4 Å². The van der Waals surface area contributed by atoms with Crippen molar-refractivity contribution in [3.63, 3.8) is 0 Å². The average Bonchev–Trinajstić information content (AvgIpc) is 3.63. The predicted molar refractivity (Wildman–Crippen MR) is 124 cm³/mol. The van der Waals surface area contributed by atoms with Gasteiger partial charge in [-0.25, -0.2) is 17.2 Å². The highest BCUT2D eigenvalue weighted by Crippen LogP contribution is 2.46. The smallest absolute Gasteiger partial charge is 0.237 e. The Morgan fingerprint density at radius 1 is 1.06 bits per heavy atom. The van der Waals surface area contributed by atoms with Gasteiger partial charge >= 0.3 is 0 Å². The largest absolute Gasteiger partial charge is 0.309 e. The summed E-state index contributed by atoms with van der Waals surface area (Å²) >= 11 is 0. The van der Waals surface area contributed by atoms with Crippen molar-refractivity contribution in [2.75, 3.05) is 16.2 Å². The van der Waals surface area contributed by atoms with E-state index in [1.54, 1.807) is 26.0 Å². The lowest BCUT2D eigenvalue weighted by atomic mass is 9.76. The van der Waals surface area contributed by atoms with E-state index >= 15 is 8.78 Å². The molecule has 33 heavy (non-hydrogen) atoms. The van der Waals surface area contributed by atoms with E-state index in [1.807, 2.05) is 12.1 Å². The third kappa shape index (κ3) is 4.50. The zero-order chi connectivity index (χ0) is 23.5. The van der Waals surface area contributed by atoms with Crippen LogP contribution in [-0.2, 0) is 26.0 Å². The van der Waals surface area contributed by atoms with E-state index in [4.69, 9.17) is 0 Å². The number of hydrogen-bond acceptors (Lipinski definition) is 3. The molecule has 2 saturated carbocycles. The molecule has 0 unspecified atom stereocenters. The number of nitrogens with zero attached hydrogens (tertiary/aromatic N) is 1. The number of fused-ring (bicyclic) bond motifs is 1. The molecule has 0 atom stereocenters. The topological polar surface area (TPSA) is 66.5 Å². The van der Waals surface area contributed by atoms with Crippen molar-refractivity contribution in [2.45, 2.75) is 63.0 Å². The summed E-state index contributed by atoms with van der Waals surface area (Å²) < 4.78 is 58.2. The van der Waals surface area contributed by atoms with Crippen molar-refractivity contribution in [3.8, 4) is 0 Å². The first kappa shape index (κ1) is 22.3. The lowest BCUT2D eigenvalue weighted by molar-refractivity contribution is -0.120. The number of anilines is 2. The minimum atomic E-state index is -3.98. The van der Waals surface area contributed by atoms with Gasteiger partial charge in [-0.05, 0) is 60.3 Å². The number of benzene rings is 2. The summed E-state index contributed by atoms with van der Waals surface area (Å²) in [5, 5.41) is 0. The van der Waals surface area contributed by atoms with Crippen LogP contribution in [0.2, 0.25) is 0 Å². The van der Waals surface area contributed by atoms with E-state index in [0.717, 1.165) is 25.7 Å². The van der Waals surface area contributed by atoms with Gasteiger partial charge in [0.1, 0.15) is 0 Å². The fraction of sp³-hybridized carbons (Fsp3) is 0.480. The summed E-state index contributed by atoms with van der Waals surface area (Å²) in [7, 11) is -3.98. The Kier molecular flexibility index (Phi) is 5.27. The number of hydrogen-bond donors (Lipinski definition) is 1. The van der Waals surface area contributed by atoms with Crippen molar-refractivity contribution in [1.82, 2.24) is 0 Å². The number of rotatable bonds is 7. The third-order valence-corrected chi connectivity index (χ3v) is 8.11. The molecule has 1 heterocycles. The first-order valence-corrected chi connectivity index (χ1v) is 13.1. The number of sulfonamides is 1. The second-order valence-corrected chi connectivity index (χ2v) is 12.1. The SMILES string of the molecule is CC1(C)CC(=O)N(CC2CC2)c2c1cc(NS(=O)(=O)Cc1ccc(C3CC3)cc1)c(F)c2F. The third-order valence-electron chi connectivity index (χ3n) is 6.86. The monoisotopic (exact) mass is 474 g/mol. The van der Waals surface area contributed by atoms with Gasteiger partial charge in [0.15, 0.2) is 11.6 Å². The van der Waals surface area contributed by atoms with Gasteiger partial charge in [0.25, 0.3) is 0 Å². The van der Waals surface area contributed by atoms with E-state index in [0.29, 0.717) is 29.5 Å². The summed E-state index contributed by atoms with van der Waals surface area (Å²) in [6, 6.07) is 8.74. The van der Waals surface area contributed by atoms with Crippen molar-refractivity contribution in [1.29, 1.82) is 0 Å². The molecule has 2 aromatic rings. The van der Waals surface area contributed by atoms with Crippen molar-refractivity contribution in [3.05, 3.63) is 58.7 Å². The average molecular weight is 475 g/mol. The maximum atomic E-state index is 15.3. The van der Waals surface area contributed by atoms with Crippen molar-refractivity contribution in [2.24, 2.45) is 5.92 Å². The Bertz CT molecular complexity index is 1220. The maximum Gasteiger partial charge on any atom is 0.237 e. The summed E-state index contributed by atoms with van der Waals surface area (Å²) in [4.78, 5) is 14.1. The van der Waals surface area contributed by atoms with Crippen molar-refractivity contribution < 1.29 is 22.0 Å². The van der Waals surface area contributed by atoms with Crippen LogP contribution in [0.15, 0.2) is 30.3 Å². The molecular formula is C25H28F2N2O3S. The minimum Gasteiger partial charge on any atom is -0.309 e. The molecule has 1 N–H and O–H groups in total. The highest BCUT2D eigenvalue weighted by atomic mass is 32.2. The second-order valence-electron chi connectivity index (χ2n) is 10.3. The van der Waals surface area contributed by atoms with Crippen LogP contribution in [0, 0.1) is 17.6 Å². The number of amides is 1. The first-order chi connectivity index (χ1) is 15.5. The molecule has 0 aromatic heterocycles. The Balaban J connectivity index is 1.44. The second kappa shape index (κ2) is 7.79. The van der Waals surface area contributed by atoms with Crippen LogP contribution < -0.4 is 9.62 Å². The molecule has 3 aliphatic rings. The van der Waals surface area contributed by atoms with Gasteiger partial charge in [-0.15, -0.1) is 0 Å². The fourth-order valence-corrected chi connectivity index (χ4v) is 5.83. The number of halogens is 2. The van der Waals surface area contributed by atoms with Crippen LogP contribution >= 0.6 is 0 Å². The lowest BCUT2D eigenvalue weighted by Crippen LogP contribution is -2.44.